The van der Waals surface area contributed by atoms with Gasteiger partial charge < -0.3 is 4.90 Å². The minimum absolute atomic E-state index is 0.649. The molecule has 14 heavy (non-hydrogen) atoms. The lowest BCUT2D eigenvalue weighted by Crippen LogP contribution is -2.22. The third kappa shape index (κ3) is 2.18. The van der Waals surface area contributed by atoms with Crippen LogP contribution >= 0.6 is 11.6 Å². The largest absolute Gasteiger partial charge is 0.371 e. The van der Waals surface area contributed by atoms with Gasteiger partial charge >= 0.3 is 0 Å². The molecule has 0 saturated heterocycles. The van der Waals surface area contributed by atoms with Crippen LogP contribution in [0.15, 0.2) is 18.2 Å². The van der Waals surface area contributed by atoms with Crippen LogP contribution in [-0.4, -0.2) is 13.1 Å². The maximum absolute atomic E-state index is 8.77. The van der Waals surface area contributed by atoms with E-state index in [0.717, 1.165) is 18.8 Å². The lowest BCUT2D eigenvalue weighted by Gasteiger charge is -2.22. The fourth-order valence-corrected chi connectivity index (χ4v) is 1.63. The average molecular weight is 209 g/mol. The van der Waals surface area contributed by atoms with Crippen molar-refractivity contribution in [1.29, 1.82) is 5.26 Å². The zero-order valence-electron chi connectivity index (χ0n) is 8.42. The molecule has 0 atom stereocenters. The highest BCUT2D eigenvalue weighted by Crippen LogP contribution is 2.26. The van der Waals surface area contributed by atoms with Gasteiger partial charge in [0.15, 0.2) is 0 Å². The Morgan fingerprint density at radius 1 is 1.36 bits per heavy atom. The van der Waals surface area contributed by atoms with E-state index < -0.39 is 0 Å². The Bertz CT molecular complexity index is 351. The van der Waals surface area contributed by atoms with Gasteiger partial charge in [-0.15, -0.1) is 0 Å². The maximum atomic E-state index is 8.77. The summed E-state index contributed by atoms with van der Waals surface area (Å²) in [5, 5.41) is 9.47. The van der Waals surface area contributed by atoms with Crippen LogP contribution in [0.1, 0.15) is 19.4 Å². The number of benzene rings is 1. The molecule has 0 N–H and O–H groups in total. The van der Waals surface area contributed by atoms with E-state index in [0.29, 0.717) is 10.6 Å². The normalized spacial score (nSPS) is 9.57. The molecule has 0 aliphatic rings. The number of anilines is 1. The Morgan fingerprint density at radius 2 is 2.00 bits per heavy atom. The molecule has 1 aromatic carbocycles. The highest BCUT2D eigenvalue weighted by molar-refractivity contribution is 6.33. The van der Waals surface area contributed by atoms with Gasteiger partial charge in [0.1, 0.15) is 0 Å². The van der Waals surface area contributed by atoms with E-state index in [1.807, 2.05) is 6.07 Å². The molecule has 2 nitrogen and oxygen atoms in total. The first-order chi connectivity index (χ1) is 6.72. The van der Waals surface area contributed by atoms with E-state index in [9.17, 15) is 0 Å². The zero-order chi connectivity index (χ0) is 10.6. The van der Waals surface area contributed by atoms with E-state index >= 15 is 0 Å². The number of hydrogen-bond donors (Lipinski definition) is 0. The molecular formula is C11H13ClN2. The van der Waals surface area contributed by atoms with Crippen molar-refractivity contribution >= 4 is 17.3 Å². The lowest BCUT2D eigenvalue weighted by atomic mass is 10.2. The predicted molar refractivity (Wildman–Crippen MR) is 59.7 cm³/mol. The third-order valence-corrected chi connectivity index (χ3v) is 2.50. The minimum Gasteiger partial charge on any atom is -0.371 e. The SMILES string of the molecule is CCN(CC)c1cc(C#N)ccc1Cl. The summed E-state index contributed by atoms with van der Waals surface area (Å²) in [5.74, 6) is 0. The molecule has 0 aliphatic heterocycles. The number of rotatable bonds is 3. The highest BCUT2D eigenvalue weighted by atomic mass is 35.5. The lowest BCUT2D eigenvalue weighted by molar-refractivity contribution is 0.866. The summed E-state index contributed by atoms with van der Waals surface area (Å²) in [4.78, 5) is 2.13. The van der Waals surface area contributed by atoms with Crippen molar-refractivity contribution in [2.45, 2.75) is 13.8 Å². The van der Waals surface area contributed by atoms with Gasteiger partial charge in [0.05, 0.1) is 22.3 Å². The molecule has 0 aliphatic carbocycles. The summed E-state index contributed by atoms with van der Waals surface area (Å²) in [7, 11) is 0. The molecule has 0 saturated carbocycles. The maximum Gasteiger partial charge on any atom is 0.0992 e. The smallest absolute Gasteiger partial charge is 0.0992 e. The monoisotopic (exact) mass is 208 g/mol. The van der Waals surface area contributed by atoms with Crippen LogP contribution in [0.5, 0.6) is 0 Å². The first-order valence-electron chi connectivity index (χ1n) is 4.67. The quantitative estimate of drug-likeness (QED) is 0.764. The van der Waals surface area contributed by atoms with Crippen LogP contribution < -0.4 is 4.90 Å². The third-order valence-electron chi connectivity index (χ3n) is 2.18. The molecule has 0 bridgehead atoms. The van der Waals surface area contributed by atoms with Gasteiger partial charge in [-0.3, -0.25) is 0 Å². The summed E-state index contributed by atoms with van der Waals surface area (Å²) >= 11 is 6.05. The molecular weight excluding hydrogens is 196 g/mol. The number of nitrogens with zero attached hydrogens (tertiary/aromatic N) is 2. The van der Waals surface area contributed by atoms with Gasteiger partial charge in [-0.2, -0.15) is 5.26 Å². The Labute approximate surface area is 89.7 Å². The van der Waals surface area contributed by atoms with E-state index in [1.54, 1.807) is 12.1 Å². The Kier molecular flexibility index (Phi) is 3.79. The van der Waals surface area contributed by atoms with Crippen LogP contribution in [0.25, 0.3) is 0 Å². The Hall–Kier alpha value is -1.20. The van der Waals surface area contributed by atoms with Gasteiger partial charge in [0.2, 0.25) is 0 Å². The van der Waals surface area contributed by atoms with Crippen molar-refractivity contribution in [2.75, 3.05) is 18.0 Å². The second-order valence-corrected chi connectivity index (χ2v) is 3.36. The van der Waals surface area contributed by atoms with Gasteiger partial charge in [0.25, 0.3) is 0 Å². The molecule has 0 aromatic heterocycles. The van der Waals surface area contributed by atoms with Crippen LogP contribution in [0.2, 0.25) is 5.02 Å². The predicted octanol–water partition coefficient (Wildman–Crippen LogP) is 3.06. The molecule has 0 radical (unpaired) electrons. The van der Waals surface area contributed by atoms with Crippen molar-refractivity contribution < 1.29 is 0 Å². The van der Waals surface area contributed by atoms with Crippen LogP contribution in [0.4, 0.5) is 5.69 Å². The molecule has 1 rings (SSSR count). The van der Waals surface area contributed by atoms with Crippen molar-refractivity contribution in [3.05, 3.63) is 28.8 Å². The summed E-state index contributed by atoms with van der Waals surface area (Å²) < 4.78 is 0. The summed E-state index contributed by atoms with van der Waals surface area (Å²) in [6, 6.07) is 7.44. The van der Waals surface area contributed by atoms with E-state index in [2.05, 4.69) is 24.8 Å². The van der Waals surface area contributed by atoms with E-state index in [-0.39, 0.29) is 0 Å². The molecule has 0 fully saturated rings. The van der Waals surface area contributed by atoms with Gasteiger partial charge in [-0.1, -0.05) is 11.6 Å². The fraction of sp³-hybridized carbons (Fsp3) is 0.364. The zero-order valence-corrected chi connectivity index (χ0v) is 9.17. The molecule has 1 aromatic rings. The summed E-state index contributed by atoms with van der Waals surface area (Å²) in [5.41, 5.74) is 1.59. The Balaban J connectivity index is 3.12. The second kappa shape index (κ2) is 4.88. The fourth-order valence-electron chi connectivity index (χ4n) is 1.39. The molecule has 0 heterocycles. The van der Waals surface area contributed by atoms with Gasteiger partial charge in [-0.05, 0) is 32.0 Å². The van der Waals surface area contributed by atoms with Gasteiger partial charge in [0, 0.05) is 13.1 Å². The number of halogens is 1. The van der Waals surface area contributed by atoms with Gasteiger partial charge in [-0.25, -0.2) is 0 Å². The molecule has 0 unspecified atom stereocenters. The summed E-state index contributed by atoms with van der Waals surface area (Å²) in [6.07, 6.45) is 0. The summed E-state index contributed by atoms with van der Waals surface area (Å²) in [6.45, 7) is 5.92. The van der Waals surface area contributed by atoms with Crippen molar-refractivity contribution in [3.63, 3.8) is 0 Å². The second-order valence-electron chi connectivity index (χ2n) is 2.95. The average Bonchev–Trinajstić information content (AvgIpc) is 2.22. The number of nitriles is 1. The van der Waals surface area contributed by atoms with Crippen molar-refractivity contribution in [1.82, 2.24) is 0 Å². The number of hydrogen-bond acceptors (Lipinski definition) is 2. The molecule has 74 valence electrons. The minimum atomic E-state index is 0.649. The van der Waals surface area contributed by atoms with Crippen LogP contribution in [-0.2, 0) is 0 Å². The molecule has 0 amide bonds. The first-order valence-corrected chi connectivity index (χ1v) is 5.05. The first kappa shape index (κ1) is 10.9. The van der Waals surface area contributed by atoms with Crippen molar-refractivity contribution in [2.24, 2.45) is 0 Å². The molecule has 0 spiro atoms. The van der Waals surface area contributed by atoms with E-state index in [4.69, 9.17) is 16.9 Å². The standard InChI is InChI=1S/C11H13ClN2/c1-3-14(4-2)11-7-9(8-13)5-6-10(11)12/h5-7H,3-4H2,1-2H3. The topological polar surface area (TPSA) is 27.0 Å². The van der Waals surface area contributed by atoms with E-state index in [1.165, 1.54) is 0 Å². The van der Waals surface area contributed by atoms with Crippen LogP contribution in [0, 0.1) is 11.3 Å². The van der Waals surface area contributed by atoms with Crippen molar-refractivity contribution in [3.8, 4) is 6.07 Å². The van der Waals surface area contributed by atoms with Crippen LogP contribution in [0.3, 0.4) is 0 Å². The Morgan fingerprint density at radius 3 is 2.50 bits per heavy atom. The highest BCUT2D eigenvalue weighted by Gasteiger charge is 2.07. The molecule has 3 heteroatoms.